The van der Waals surface area contributed by atoms with Crippen LogP contribution in [0.2, 0.25) is 0 Å². The average Bonchev–Trinajstić information content (AvgIpc) is 2.75. The molecule has 1 aromatic carbocycles. The van der Waals surface area contributed by atoms with E-state index in [2.05, 4.69) is 37.6 Å². The van der Waals surface area contributed by atoms with Crippen molar-refractivity contribution in [3.63, 3.8) is 0 Å². The van der Waals surface area contributed by atoms with Crippen LogP contribution in [0.25, 0.3) is 0 Å². The molecule has 1 aliphatic heterocycles. The highest BCUT2D eigenvalue weighted by Gasteiger charge is 2.18. The predicted octanol–water partition coefficient (Wildman–Crippen LogP) is 0.753. The van der Waals surface area contributed by atoms with Gasteiger partial charge in [-0.3, -0.25) is 4.90 Å². The molecule has 1 fully saturated rings. The van der Waals surface area contributed by atoms with E-state index >= 15 is 0 Å². The third-order valence-corrected chi connectivity index (χ3v) is 3.65. The van der Waals surface area contributed by atoms with E-state index < -0.39 is 0 Å². The fraction of sp³-hybridized carbons (Fsp3) is 0.467. The molecular formula is C15H21BN2. The fourth-order valence-corrected chi connectivity index (χ4v) is 2.46. The third-order valence-electron chi connectivity index (χ3n) is 3.65. The summed E-state index contributed by atoms with van der Waals surface area (Å²) in [5.41, 5.74) is 8.86. The molecule has 0 aliphatic carbocycles. The van der Waals surface area contributed by atoms with Crippen LogP contribution < -0.4 is 11.2 Å². The molecule has 0 aromatic heterocycles. The van der Waals surface area contributed by atoms with Crippen LogP contribution >= 0.6 is 0 Å². The fourth-order valence-electron chi connectivity index (χ4n) is 2.46. The lowest BCUT2D eigenvalue weighted by molar-refractivity contribution is 0.275. The molecule has 2 N–H and O–H groups in total. The quantitative estimate of drug-likeness (QED) is 0.469. The molecule has 0 radical (unpaired) electrons. The number of nitrogens with zero attached hydrogens (tertiary/aromatic N) is 1. The van der Waals surface area contributed by atoms with E-state index in [1.807, 2.05) is 12.1 Å². The first-order valence-electron chi connectivity index (χ1n) is 6.76. The number of benzene rings is 1. The van der Waals surface area contributed by atoms with Crippen molar-refractivity contribution >= 4 is 19.0 Å². The molecule has 0 saturated carbocycles. The second-order valence-electron chi connectivity index (χ2n) is 5.17. The van der Waals surface area contributed by atoms with Crippen LogP contribution in [-0.2, 0) is 0 Å². The van der Waals surface area contributed by atoms with Crippen molar-refractivity contribution in [2.45, 2.75) is 32.2 Å². The minimum Gasteiger partial charge on any atom is -0.398 e. The zero-order chi connectivity index (χ0) is 13.0. The lowest BCUT2D eigenvalue weighted by Gasteiger charge is -2.18. The van der Waals surface area contributed by atoms with Crippen molar-refractivity contribution in [3.8, 4) is 11.8 Å². The summed E-state index contributed by atoms with van der Waals surface area (Å²) in [6.45, 7) is 4.62. The van der Waals surface area contributed by atoms with Gasteiger partial charge in [-0.05, 0) is 32.4 Å². The summed E-state index contributed by atoms with van der Waals surface area (Å²) in [7, 11) is 2.07. The highest BCUT2D eigenvalue weighted by Crippen LogP contribution is 2.16. The number of hydrogen-bond donors (Lipinski definition) is 1. The van der Waals surface area contributed by atoms with Crippen molar-refractivity contribution < 1.29 is 0 Å². The van der Waals surface area contributed by atoms with Crippen LogP contribution in [0.4, 0.5) is 5.69 Å². The second kappa shape index (κ2) is 5.97. The van der Waals surface area contributed by atoms with Crippen molar-refractivity contribution in [3.05, 3.63) is 23.8 Å². The summed E-state index contributed by atoms with van der Waals surface area (Å²) in [4.78, 5) is 2.52. The molecule has 2 rings (SSSR count). The SMILES string of the molecule is Bc1ccc(N)c(C#CCCN2CCC[C@H]2C)c1. The summed E-state index contributed by atoms with van der Waals surface area (Å²) in [6, 6.07) is 6.74. The van der Waals surface area contributed by atoms with Gasteiger partial charge in [-0.1, -0.05) is 29.4 Å². The maximum absolute atomic E-state index is 5.90. The Morgan fingerprint density at radius 2 is 2.33 bits per heavy atom. The largest absolute Gasteiger partial charge is 0.398 e. The molecule has 0 bridgehead atoms. The smallest absolute Gasteiger partial charge is 0.139 e. The summed E-state index contributed by atoms with van der Waals surface area (Å²) < 4.78 is 0. The van der Waals surface area contributed by atoms with Gasteiger partial charge >= 0.3 is 0 Å². The van der Waals surface area contributed by atoms with Gasteiger partial charge in [-0.2, -0.15) is 0 Å². The predicted molar refractivity (Wildman–Crippen MR) is 80.8 cm³/mol. The van der Waals surface area contributed by atoms with Gasteiger partial charge in [0, 0.05) is 30.3 Å². The number of anilines is 1. The Hall–Kier alpha value is -1.40. The molecule has 2 nitrogen and oxygen atoms in total. The minimum atomic E-state index is 0.732. The zero-order valence-corrected chi connectivity index (χ0v) is 11.4. The molecule has 1 aliphatic rings. The lowest BCUT2D eigenvalue weighted by Crippen LogP contribution is -2.27. The Morgan fingerprint density at radius 1 is 1.50 bits per heavy atom. The zero-order valence-electron chi connectivity index (χ0n) is 11.4. The van der Waals surface area contributed by atoms with E-state index in [1.54, 1.807) is 0 Å². The van der Waals surface area contributed by atoms with Gasteiger partial charge in [0.25, 0.3) is 0 Å². The molecule has 94 valence electrons. The van der Waals surface area contributed by atoms with Gasteiger partial charge in [0.1, 0.15) is 7.85 Å². The van der Waals surface area contributed by atoms with Gasteiger partial charge < -0.3 is 5.73 Å². The Labute approximate surface area is 111 Å². The third kappa shape index (κ3) is 3.30. The maximum Gasteiger partial charge on any atom is 0.139 e. The molecule has 1 aromatic rings. The van der Waals surface area contributed by atoms with Crippen LogP contribution in [0.1, 0.15) is 31.7 Å². The lowest BCUT2D eigenvalue weighted by atomic mass is 9.94. The maximum atomic E-state index is 5.90. The Bertz CT molecular complexity index is 473. The van der Waals surface area contributed by atoms with Gasteiger partial charge in [0.2, 0.25) is 0 Å². The van der Waals surface area contributed by atoms with Crippen LogP contribution in [-0.4, -0.2) is 31.9 Å². The standard InChI is InChI=1S/C15H21BN2/c1-12-5-4-10-18(12)9-3-2-6-13-11-14(16)7-8-15(13)17/h7-8,11-12H,3-5,9-10,16-17H2,1H3/t12-/m1/s1. The van der Waals surface area contributed by atoms with E-state index in [4.69, 9.17) is 5.73 Å². The van der Waals surface area contributed by atoms with Gasteiger partial charge in [-0.15, -0.1) is 0 Å². The number of likely N-dealkylation sites (tertiary alicyclic amines) is 1. The van der Waals surface area contributed by atoms with E-state index in [9.17, 15) is 0 Å². The molecule has 3 heteroatoms. The highest BCUT2D eigenvalue weighted by atomic mass is 15.2. The molecule has 0 spiro atoms. The first-order valence-corrected chi connectivity index (χ1v) is 6.76. The molecule has 1 heterocycles. The van der Waals surface area contributed by atoms with Crippen LogP contribution in [0.3, 0.4) is 0 Å². The number of hydrogen-bond acceptors (Lipinski definition) is 2. The second-order valence-corrected chi connectivity index (χ2v) is 5.17. The number of rotatable bonds is 2. The normalized spacial score (nSPS) is 19.5. The van der Waals surface area contributed by atoms with Crippen LogP contribution in [0, 0.1) is 11.8 Å². The molecule has 0 unspecified atom stereocenters. The van der Waals surface area contributed by atoms with E-state index in [0.29, 0.717) is 0 Å². The Kier molecular flexibility index (Phi) is 4.33. The first-order chi connectivity index (χ1) is 8.66. The molecule has 1 saturated heterocycles. The average molecular weight is 240 g/mol. The van der Waals surface area contributed by atoms with Crippen LogP contribution in [0.15, 0.2) is 18.2 Å². The topological polar surface area (TPSA) is 29.3 Å². The monoisotopic (exact) mass is 240 g/mol. The van der Waals surface area contributed by atoms with Crippen LogP contribution in [0.5, 0.6) is 0 Å². The van der Waals surface area contributed by atoms with Gasteiger partial charge in [-0.25, -0.2) is 0 Å². The first kappa shape index (κ1) is 13.0. The van der Waals surface area contributed by atoms with Gasteiger partial charge in [0.15, 0.2) is 0 Å². The molecular weight excluding hydrogens is 219 g/mol. The molecule has 18 heavy (non-hydrogen) atoms. The van der Waals surface area contributed by atoms with Crippen molar-refractivity contribution in [1.29, 1.82) is 0 Å². The Morgan fingerprint density at radius 3 is 3.06 bits per heavy atom. The summed E-state index contributed by atoms with van der Waals surface area (Å²) in [5, 5.41) is 0. The van der Waals surface area contributed by atoms with Crippen molar-refractivity contribution in [2.24, 2.45) is 0 Å². The van der Waals surface area contributed by atoms with E-state index in [1.165, 1.54) is 24.8 Å². The number of nitrogen functional groups attached to an aromatic ring is 1. The summed E-state index contributed by atoms with van der Waals surface area (Å²) in [6.07, 6.45) is 3.59. The minimum absolute atomic E-state index is 0.732. The van der Waals surface area contributed by atoms with Crippen molar-refractivity contribution in [2.75, 3.05) is 18.8 Å². The highest BCUT2D eigenvalue weighted by molar-refractivity contribution is 6.32. The van der Waals surface area contributed by atoms with E-state index in [-0.39, 0.29) is 0 Å². The molecule has 0 amide bonds. The van der Waals surface area contributed by atoms with Gasteiger partial charge in [0.05, 0.1) is 0 Å². The summed E-state index contributed by atoms with van der Waals surface area (Å²) in [5.74, 6) is 6.44. The molecule has 1 atom stereocenters. The number of nitrogens with two attached hydrogens (primary N) is 1. The van der Waals surface area contributed by atoms with E-state index in [0.717, 1.165) is 30.3 Å². The van der Waals surface area contributed by atoms with Crippen molar-refractivity contribution in [1.82, 2.24) is 4.90 Å². The Balaban J connectivity index is 1.90. The summed E-state index contributed by atoms with van der Waals surface area (Å²) >= 11 is 0.